The van der Waals surface area contributed by atoms with Gasteiger partial charge in [0.25, 0.3) is 0 Å². The summed E-state index contributed by atoms with van der Waals surface area (Å²) in [5, 5.41) is 2.78. The third-order valence-electron chi connectivity index (χ3n) is 4.15. The zero-order valence-corrected chi connectivity index (χ0v) is 14.8. The van der Waals surface area contributed by atoms with Gasteiger partial charge in [-0.3, -0.25) is 4.79 Å². The van der Waals surface area contributed by atoms with E-state index in [1.54, 1.807) is 31.2 Å². The average Bonchev–Trinajstić information content (AvgIpc) is 3.39. The first-order chi connectivity index (χ1) is 12.3. The van der Waals surface area contributed by atoms with E-state index in [4.69, 9.17) is 0 Å². The molecule has 2 aromatic carbocycles. The maximum Gasteiger partial charge on any atom is 0.246 e. The highest BCUT2D eigenvalue weighted by Crippen LogP contribution is 2.30. The van der Waals surface area contributed by atoms with Crippen LogP contribution in [0.15, 0.2) is 47.4 Å². The van der Waals surface area contributed by atoms with Crippen LogP contribution in [0.4, 0.5) is 14.5 Å². The maximum atomic E-state index is 13.7. The Hall–Kier alpha value is -2.32. The number of carbonyl (C=O) groups is 1. The van der Waals surface area contributed by atoms with Gasteiger partial charge in [0, 0.05) is 17.6 Å². The molecule has 0 heterocycles. The standard InChI is InChI=1S/C18H18F2N2O3S/c1-11(22-26(24,25)17-15(19)3-2-4-16(17)20)12-7-9-14(10-8-12)21-18(23)13-5-6-13/h2-4,7-11,13,22H,5-6H2,1H3,(H,21,23). The van der Waals surface area contributed by atoms with Crippen LogP contribution >= 0.6 is 0 Å². The minimum absolute atomic E-state index is 0.0264. The summed E-state index contributed by atoms with van der Waals surface area (Å²) in [5.41, 5.74) is 1.20. The van der Waals surface area contributed by atoms with Gasteiger partial charge in [-0.1, -0.05) is 18.2 Å². The average molecular weight is 380 g/mol. The molecule has 0 bridgehead atoms. The summed E-state index contributed by atoms with van der Waals surface area (Å²) in [6, 6.07) is 8.77. The molecule has 0 saturated heterocycles. The second kappa shape index (κ2) is 7.13. The van der Waals surface area contributed by atoms with E-state index < -0.39 is 32.6 Å². The predicted octanol–water partition coefficient (Wildman–Crippen LogP) is 3.35. The van der Waals surface area contributed by atoms with Crippen LogP contribution in [0.5, 0.6) is 0 Å². The summed E-state index contributed by atoms with van der Waals surface area (Å²) >= 11 is 0. The fraction of sp³-hybridized carbons (Fsp3) is 0.278. The molecule has 3 rings (SSSR count). The highest BCUT2D eigenvalue weighted by molar-refractivity contribution is 7.89. The van der Waals surface area contributed by atoms with Gasteiger partial charge in [-0.05, 0) is 49.6 Å². The largest absolute Gasteiger partial charge is 0.326 e. The Kier molecular flexibility index (Phi) is 5.06. The molecule has 2 N–H and O–H groups in total. The Morgan fingerprint density at radius 2 is 1.65 bits per heavy atom. The summed E-state index contributed by atoms with van der Waals surface area (Å²) in [6.07, 6.45) is 1.80. The Balaban J connectivity index is 1.72. The molecule has 2 aromatic rings. The van der Waals surface area contributed by atoms with Crippen molar-refractivity contribution in [2.24, 2.45) is 5.92 Å². The zero-order chi connectivity index (χ0) is 18.9. The molecule has 1 atom stereocenters. The van der Waals surface area contributed by atoms with Crippen molar-refractivity contribution < 1.29 is 22.0 Å². The minimum Gasteiger partial charge on any atom is -0.326 e. The third kappa shape index (κ3) is 4.08. The molecule has 1 aliphatic carbocycles. The highest BCUT2D eigenvalue weighted by Gasteiger charge is 2.29. The molecule has 5 nitrogen and oxygen atoms in total. The predicted molar refractivity (Wildman–Crippen MR) is 92.9 cm³/mol. The fourth-order valence-corrected chi connectivity index (χ4v) is 3.91. The zero-order valence-electron chi connectivity index (χ0n) is 14.0. The summed E-state index contributed by atoms with van der Waals surface area (Å²) in [4.78, 5) is 10.7. The van der Waals surface area contributed by atoms with Crippen LogP contribution in [0, 0.1) is 17.6 Å². The number of amides is 1. The summed E-state index contributed by atoms with van der Waals surface area (Å²) in [7, 11) is -4.37. The molecule has 1 amide bonds. The lowest BCUT2D eigenvalue weighted by Gasteiger charge is -2.16. The van der Waals surface area contributed by atoms with Gasteiger partial charge in [-0.15, -0.1) is 0 Å². The number of carbonyl (C=O) groups excluding carboxylic acids is 1. The number of sulfonamides is 1. The molecule has 138 valence electrons. The molecular formula is C18H18F2N2O3S. The number of rotatable bonds is 6. The van der Waals surface area contributed by atoms with Gasteiger partial charge in [0.05, 0.1) is 0 Å². The first kappa shape index (κ1) is 18.5. The monoisotopic (exact) mass is 380 g/mol. The van der Waals surface area contributed by atoms with Crippen LogP contribution in [-0.4, -0.2) is 14.3 Å². The quantitative estimate of drug-likeness (QED) is 0.807. The van der Waals surface area contributed by atoms with Crippen LogP contribution in [0.1, 0.15) is 31.4 Å². The highest BCUT2D eigenvalue weighted by atomic mass is 32.2. The van der Waals surface area contributed by atoms with E-state index in [-0.39, 0.29) is 11.8 Å². The van der Waals surface area contributed by atoms with Gasteiger partial charge >= 0.3 is 0 Å². The van der Waals surface area contributed by atoms with Crippen molar-refractivity contribution in [2.45, 2.75) is 30.7 Å². The molecule has 0 spiro atoms. The molecule has 0 radical (unpaired) electrons. The molecule has 8 heteroatoms. The fourth-order valence-electron chi connectivity index (χ4n) is 2.54. The van der Waals surface area contributed by atoms with Crippen molar-refractivity contribution in [3.63, 3.8) is 0 Å². The van der Waals surface area contributed by atoms with E-state index in [0.717, 1.165) is 31.0 Å². The van der Waals surface area contributed by atoms with Gasteiger partial charge in [-0.2, -0.15) is 0 Å². The first-order valence-electron chi connectivity index (χ1n) is 8.15. The second-order valence-corrected chi connectivity index (χ2v) is 7.93. The van der Waals surface area contributed by atoms with Crippen molar-refractivity contribution in [1.82, 2.24) is 4.72 Å². The smallest absolute Gasteiger partial charge is 0.246 e. The van der Waals surface area contributed by atoms with E-state index in [1.807, 2.05) is 0 Å². The number of benzene rings is 2. The lowest BCUT2D eigenvalue weighted by atomic mass is 10.1. The van der Waals surface area contributed by atoms with Crippen LogP contribution in [0.2, 0.25) is 0 Å². The van der Waals surface area contributed by atoms with Crippen molar-refractivity contribution >= 4 is 21.6 Å². The molecule has 1 aliphatic rings. The number of nitrogens with one attached hydrogen (secondary N) is 2. The maximum absolute atomic E-state index is 13.7. The summed E-state index contributed by atoms with van der Waals surface area (Å²) < 4.78 is 54.4. The van der Waals surface area contributed by atoms with Gasteiger partial charge in [0.15, 0.2) is 4.90 Å². The van der Waals surface area contributed by atoms with Crippen molar-refractivity contribution in [1.29, 1.82) is 0 Å². The van der Waals surface area contributed by atoms with E-state index in [9.17, 15) is 22.0 Å². The Morgan fingerprint density at radius 3 is 2.19 bits per heavy atom. The molecule has 1 fully saturated rings. The molecule has 1 unspecified atom stereocenters. The minimum atomic E-state index is -4.37. The van der Waals surface area contributed by atoms with Crippen LogP contribution in [0.3, 0.4) is 0 Å². The van der Waals surface area contributed by atoms with Gasteiger partial charge < -0.3 is 5.32 Å². The third-order valence-corrected chi connectivity index (χ3v) is 5.74. The summed E-state index contributed by atoms with van der Waals surface area (Å²) in [6.45, 7) is 1.56. The lowest BCUT2D eigenvalue weighted by molar-refractivity contribution is -0.117. The van der Waals surface area contributed by atoms with Crippen LogP contribution < -0.4 is 10.0 Å². The van der Waals surface area contributed by atoms with Gasteiger partial charge in [0.1, 0.15) is 11.6 Å². The number of anilines is 1. The Labute approximate surface area is 150 Å². The molecule has 1 saturated carbocycles. The lowest BCUT2D eigenvalue weighted by Crippen LogP contribution is -2.28. The Morgan fingerprint density at radius 1 is 1.08 bits per heavy atom. The number of halogens is 2. The van der Waals surface area contributed by atoms with E-state index in [1.165, 1.54) is 0 Å². The van der Waals surface area contributed by atoms with E-state index in [0.29, 0.717) is 11.3 Å². The topological polar surface area (TPSA) is 75.3 Å². The first-order valence-corrected chi connectivity index (χ1v) is 9.63. The van der Waals surface area contributed by atoms with Crippen LogP contribution in [0.25, 0.3) is 0 Å². The van der Waals surface area contributed by atoms with Crippen LogP contribution in [-0.2, 0) is 14.8 Å². The van der Waals surface area contributed by atoms with Crippen molar-refractivity contribution in [2.75, 3.05) is 5.32 Å². The van der Waals surface area contributed by atoms with Gasteiger partial charge in [-0.25, -0.2) is 21.9 Å². The molecule has 0 aliphatic heterocycles. The Bertz CT molecular complexity index is 906. The SMILES string of the molecule is CC(NS(=O)(=O)c1c(F)cccc1F)c1ccc(NC(=O)C2CC2)cc1. The molecule has 26 heavy (non-hydrogen) atoms. The van der Waals surface area contributed by atoms with Gasteiger partial charge in [0.2, 0.25) is 15.9 Å². The van der Waals surface area contributed by atoms with Crippen molar-refractivity contribution in [3.05, 3.63) is 59.7 Å². The number of hydrogen-bond donors (Lipinski definition) is 2. The summed E-state index contributed by atoms with van der Waals surface area (Å²) in [5.74, 6) is -2.25. The van der Waals surface area contributed by atoms with E-state index in [2.05, 4.69) is 10.0 Å². The second-order valence-electron chi connectivity index (χ2n) is 6.28. The van der Waals surface area contributed by atoms with Crippen molar-refractivity contribution in [3.8, 4) is 0 Å². The number of hydrogen-bond acceptors (Lipinski definition) is 3. The van der Waals surface area contributed by atoms with E-state index >= 15 is 0 Å². The normalized spacial score (nSPS) is 15.5. The molecular weight excluding hydrogens is 362 g/mol. The molecule has 0 aromatic heterocycles.